The van der Waals surface area contributed by atoms with E-state index in [4.69, 9.17) is 0 Å². The molecule has 0 aliphatic heterocycles. The lowest BCUT2D eigenvalue weighted by Gasteiger charge is -2.07. The molecule has 0 unspecified atom stereocenters. The third-order valence-corrected chi connectivity index (χ3v) is 2.37. The summed E-state index contributed by atoms with van der Waals surface area (Å²) < 4.78 is 0. The first-order chi connectivity index (χ1) is 6.67. The molecule has 1 N–H and O–H groups in total. The van der Waals surface area contributed by atoms with Crippen molar-refractivity contribution in [2.24, 2.45) is 0 Å². The van der Waals surface area contributed by atoms with Gasteiger partial charge >= 0.3 is 0 Å². The van der Waals surface area contributed by atoms with Crippen molar-refractivity contribution in [3.8, 4) is 0 Å². The van der Waals surface area contributed by atoms with E-state index in [0.717, 1.165) is 12.0 Å². The number of aryl methyl sites for hydroxylation is 2. The Morgan fingerprint density at radius 2 is 2.07 bits per heavy atom. The molecular formula is C12H17NO. The van der Waals surface area contributed by atoms with E-state index in [1.165, 1.54) is 11.1 Å². The third kappa shape index (κ3) is 2.59. The van der Waals surface area contributed by atoms with E-state index in [1.54, 1.807) is 7.05 Å². The van der Waals surface area contributed by atoms with Crippen LogP contribution in [0.15, 0.2) is 18.2 Å². The molecule has 0 atom stereocenters. The van der Waals surface area contributed by atoms with Crippen LogP contribution in [0.1, 0.15) is 23.6 Å². The molecule has 0 radical (unpaired) electrons. The van der Waals surface area contributed by atoms with E-state index in [-0.39, 0.29) is 5.91 Å². The van der Waals surface area contributed by atoms with Crippen LogP contribution in [-0.2, 0) is 17.6 Å². The van der Waals surface area contributed by atoms with Gasteiger partial charge in [-0.2, -0.15) is 0 Å². The Kier molecular flexibility index (Phi) is 3.69. The molecule has 2 heteroatoms. The summed E-state index contributed by atoms with van der Waals surface area (Å²) in [6.45, 7) is 4.16. The summed E-state index contributed by atoms with van der Waals surface area (Å²) in [5.74, 6) is 0.0744. The highest BCUT2D eigenvalue weighted by Gasteiger charge is 2.05. The van der Waals surface area contributed by atoms with Gasteiger partial charge in [0.25, 0.3) is 0 Å². The van der Waals surface area contributed by atoms with E-state index in [1.807, 2.05) is 6.92 Å². The minimum Gasteiger partial charge on any atom is -0.359 e. The highest BCUT2D eigenvalue weighted by atomic mass is 16.1. The number of benzene rings is 1. The predicted octanol–water partition coefficient (Wildman–Crippen LogP) is 1.85. The molecule has 1 rings (SSSR count). The SMILES string of the molecule is CCc1ccc(C)cc1CC(=O)NC. The number of amides is 1. The first kappa shape index (κ1) is 10.8. The fourth-order valence-electron chi connectivity index (χ4n) is 1.53. The fourth-order valence-corrected chi connectivity index (χ4v) is 1.53. The van der Waals surface area contributed by atoms with Crippen LogP contribution in [0.4, 0.5) is 0 Å². The monoisotopic (exact) mass is 191 g/mol. The van der Waals surface area contributed by atoms with Gasteiger partial charge < -0.3 is 5.32 Å². The summed E-state index contributed by atoms with van der Waals surface area (Å²) in [7, 11) is 1.67. The number of carbonyl (C=O) groups excluding carboxylic acids is 1. The molecule has 76 valence electrons. The number of likely N-dealkylation sites (N-methyl/N-ethyl adjacent to an activating group) is 1. The fraction of sp³-hybridized carbons (Fsp3) is 0.417. The molecule has 1 aromatic carbocycles. The van der Waals surface area contributed by atoms with Gasteiger partial charge in [0, 0.05) is 7.05 Å². The Morgan fingerprint density at radius 1 is 1.36 bits per heavy atom. The Bertz CT molecular complexity index is 331. The van der Waals surface area contributed by atoms with Gasteiger partial charge in [0.2, 0.25) is 5.91 Å². The molecule has 0 spiro atoms. The quantitative estimate of drug-likeness (QED) is 0.776. The Hall–Kier alpha value is -1.31. The molecular weight excluding hydrogens is 174 g/mol. The van der Waals surface area contributed by atoms with E-state index >= 15 is 0 Å². The second-order valence-corrected chi connectivity index (χ2v) is 3.48. The normalized spacial score (nSPS) is 9.93. The smallest absolute Gasteiger partial charge is 0.224 e. The van der Waals surface area contributed by atoms with Crippen molar-refractivity contribution in [3.63, 3.8) is 0 Å². The minimum atomic E-state index is 0.0744. The van der Waals surface area contributed by atoms with Crippen LogP contribution in [0.5, 0.6) is 0 Å². The molecule has 1 aromatic rings. The zero-order chi connectivity index (χ0) is 10.6. The van der Waals surface area contributed by atoms with Crippen molar-refractivity contribution in [2.75, 3.05) is 7.05 Å². The third-order valence-electron chi connectivity index (χ3n) is 2.37. The Balaban J connectivity index is 2.93. The van der Waals surface area contributed by atoms with Crippen molar-refractivity contribution in [2.45, 2.75) is 26.7 Å². The zero-order valence-electron chi connectivity index (χ0n) is 9.05. The molecule has 0 aliphatic rings. The maximum absolute atomic E-state index is 11.2. The maximum atomic E-state index is 11.2. The highest BCUT2D eigenvalue weighted by molar-refractivity contribution is 5.78. The molecule has 0 aromatic heterocycles. The van der Waals surface area contributed by atoms with Gasteiger partial charge in [0.05, 0.1) is 6.42 Å². The van der Waals surface area contributed by atoms with Crippen molar-refractivity contribution < 1.29 is 4.79 Å². The van der Waals surface area contributed by atoms with Crippen molar-refractivity contribution in [3.05, 3.63) is 34.9 Å². The number of carbonyl (C=O) groups is 1. The topological polar surface area (TPSA) is 29.1 Å². The second kappa shape index (κ2) is 4.80. The number of hydrogen-bond acceptors (Lipinski definition) is 1. The van der Waals surface area contributed by atoms with Crippen LogP contribution >= 0.6 is 0 Å². The minimum absolute atomic E-state index is 0.0744. The lowest BCUT2D eigenvalue weighted by Crippen LogP contribution is -2.20. The molecule has 0 heterocycles. The van der Waals surface area contributed by atoms with Crippen LogP contribution in [0.2, 0.25) is 0 Å². The number of rotatable bonds is 3. The van der Waals surface area contributed by atoms with E-state index in [0.29, 0.717) is 6.42 Å². The van der Waals surface area contributed by atoms with Crippen molar-refractivity contribution in [1.82, 2.24) is 5.32 Å². The van der Waals surface area contributed by atoms with Gasteiger partial charge in [-0.05, 0) is 24.5 Å². The average molecular weight is 191 g/mol. The summed E-state index contributed by atoms with van der Waals surface area (Å²) in [5, 5.41) is 2.65. The van der Waals surface area contributed by atoms with Gasteiger partial charge in [0.15, 0.2) is 0 Å². The highest BCUT2D eigenvalue weighted by Crippen LogP contribution is 2.13. The van der Waals surface area contributed by atoms with Gasteiger partial charge in [-0.25, -0.2) is 0 Å². The lowest BCUT2D eigenvalue weighted by molar-refractivity contribution is -0.119. The molecule has 0 saturated carbocycles. The first-order valence-corrected chi connectivity index (χ1v) is 4.96. The van der Waals surface area contributed by atoms with Gasteiger partial charge in [-0.15, -0.1) is 0 Å². The summed E-state index contributed by atoms with van der Waals surface area (Å²) in [5.41, 5.74) is 3.62. The van der Waals surface area contributed by atoms with Crippen LogP contribution in [-0.4, -0.2) is 13.0 Å². The Morgan fingerprint density at radius 3 is 2.64 bits per heavy atom. The number of hydrogen-bond donors (Lipinski definition) is 1. The standard InChI is InChI=1S/C12H17NO/c1-4-10-6-5-9(2)7-11(10)8-12(14)13-3/h5-7H,4,8H2,1-3H3,(H,13,14). The van der Waals surface area contributed by atoms with Gasteiger partial charge in [-0.3, -0.25) is 4.79 Å². The van der Waals surface area contributed by atoms with Gasteiger partial charge in [-0.1, -0.05) is 30.7 Å². The molecule has 0 fully saturated rings. The average Bonchev–Trinajstić information content (AvgIpc) is 2.18. The first-order valence-electron chi connectivity index (χ1n) is 4.96. The van der Waals surface area contributed by atoms with Crippen LogP contribution in [0.3, 0.4) is 0 Å². The maximum Gasteiger partial charge on any atom is 0.224 e. The van der Waals surface area contributed by atoms with Crippen LogP contribution < -0.4 is 5.32 Å². The molecule has 0 bridgehead atoms. The molecule has 0 saturated heterocycles. The Labute approximate surface area is 85.3 Å². The summed E-state index contributed by atoms with van der Waals surface area (Å²) in [4.78, 5) is 11.2. The van der Waals surface area contributed by atoms with Crippen molar-refractivity contribution >= 4 is 5.91 Å². The summed E-state index contributed by atoms with van der Waals surface area (Å²) >= 11 is 0. The summed E-state index contributed by atoms with van der Waals surface area (Å²) in [6.07, 6.45) is 1.47. The summed E-state index contributed by atoms with van der Waals surface area (Å²) in [6, 6.07) is 6.29. The molecule has 0 aliphatic carbocycles. The largest absolute Gasteiger partial charge is 0.359 e. The van der Waals surface area contributed by atoms with Crippen molar-refractivity contribution in [1.29, 1.82) is 0 Å². The molecule has 14 heavy (non-hydrogen) atoms. The zero-order valence-corrected chi connectivity index (χ0v) is 9.05. The van der Waals surface area contributed by atoms with Crippen LogP contribution in [0.25, 0.3) is 0 Å². The van der Waals surface area contributed by atoms with Crippen LogP contribution in [0, 0.1) is 6.92 Å². The van der Waals surface area contributed by atoms with E-state index in [2.05, 4.69) is 30.4 Å². The molecule has 1 amide bonds. The molecule has 2 nitrogen and oxygen atoms in total. The van der Waals surface area contributed by atoms with E-state index < -0.39 is 0 Å². The number of nitrogens with one attached hydrogen (secondary N) is 1. The van der Waals surface area contributed by atoms with E-state index in [9.17, 15) is 4.79 Å². The second-order valence-electron chi connectivity index (χ2n) is 3.48. The lowest BCUT2D eigenvalue weighted by atomic mass is 10.00. The van der Waals surface area contributed by atoms with Gasteiger partial charge in [0.1, 0.15) is 0 Å². The predicted molar refractivity (Wildman–Crippen MR) is 58.3 cm³/mol.